The predicted octanol–water partition coefficient (Wildman–Crippen LogP) is 3.45. The van der Waals surface area contributed by atoms with Gasteiger partial charge in [0.1, 0.15) is 0 Å². The summed E-state index contributed by atoms with van der Waals surface area (Å²) in [5.41, 5.74) is 2.86. The van der Waals surface area contributed by atoms with E-state index in [0.29, 0.717) is 5.92 Å². The molecule has 0 aromatic heterocycles. The number of alkyl halides is 1. The van der Waals surface area contributed by atoms with Crippen molar-refractivity contribution in [1.29, 1.82) is 0 Å². The van der Waals surface area contributed by atoms with Gasteiger partial charge in [0.05, 0.1) is 0 Å². The summed E-state index contributed by atoms with van der Waals surface area (Å²) >= 11 is 3.44. The van der Waals surface area contributed by atoms with E-state index in [1.807, 2.05) is 39.0 Å². The maximum absolute atomic E-state index is 12.2. The molecule has 2 unspecified atom stereocenters. The molecule has 1 rings (SSSR count). The van der Waals surface area contributed by atoms with Crippen molar-refractivity contribution in [3.8, 4) is 0 Å². The number of halogens is 1. The number of hydrogen-bond donors (Lipinski definition) is 1. The molecule has 2 atom stereocenters. The number of carbonyl (C=O) groups excluding carboxylic acids is 1. The second-order valence-corrected chi connectivity index (χ2v) is 5.31. The van der Waals surface area contributed by atoms with Gasteiger partial charge in [-0.1, -0.05) is 41.1 Å². The zero-order chi connectivity index (χ0) is 13.0. The number of amides is 1. The standard InChI is InChI=1S/C14H20BrNO/c1-9-6-5-7-10(2)13(9)14(17)16-12(4)11(3)8-15/h5-7,11-12H,8H2,1-4H3,(H,16,17). The maximum Gasteiger partial charge on any atom is 0.252 e. The molecule has 0 fully saturated rings. The lowest BCUT2D eigenvalue weighted by Crippen LogP contribution is -2.38. The summed E-state index contributed by atoms with van der Waals surface area (Å²) in [6, 6.07) is 6.09. The Balaban J connectivity index is 2.84. The van der Waals surface area contributed by atoms with Crippen molar-refractivity contribution in [1.82, 2.24) is 5.32 Å². The van der Waals surface area contributed by atoms with Crippen LogP contribution in [0.15, 0.2) is 18.2 Å². The molecule has 0 saturated heterocycles. The van der Waals surface area contributed by atoms with E-state index in [2.05, 4.69) is 28.2 Å². The zero-order valence-corrected chi connectivity index (χ0v) is 12.5. The first-order chi connectivity index (χ1) is 7.97. The third-order valence-corrected chi connectivity index (χ3v) is 4.19. The number of hydrogen-bond acceptors (Lipinski definition) is 1. The van der Waals surface area contributed by atoms with Crippen LogP contribution in [0.25, 0.3) is 0 Å². The van der Waals surface area contributed by atoms with Crippen LogP contribution in [0.2, 0.25) is 0 Å². The summed E-state index contributed by atoms with van der Waals surface area (Å²) in [5.74, 6) is 0.448. The Bertz CT molecular complexity index is 383. The van der Waals surface area contributed by atoms with E-state index in [9.17, 15) is 4.79 Å². The second kappa shape index (κ2) is 6.20. The van der Waals surface area contributed by atoms with Gasteiger partial charge in [0.25, 0.3) is 5.91 Å². The van der Waals surface area contributed by atoms with Gasteiger partial charge in [-0.2, -0.15) is 0 Å². The Morgan fingerprint density at radius 1 is 1.29 bits per heavy atom. The van der Waals surface area contributed by atoms with Gasteiger partial charge >= 0.3 is 0 Å². The first kappa shape index (κ1) is 14.2. The van der Waals surface area contributed by atoms with Crippen LogP contribution >= 0.6 is 15.9 Å². The van der Waals surface area contributed by atoms with Gasteiger partial charge in [-0.25, -0.2) is 0 Å². The quantitative estimate of drug-likeness (QED) is 0.848. The molecule has 0 saturated carbocycles. The highest BCUT2D eigenvalue weighted by atomic mass is 79.9. The van der Waals surface area contributed by atoms with Crippen molar-refractivity contribution >= 4 is 21.8 Å². The molecule has 2 nitrogen and oxygen atoms in total. The fourth-order valence-electron chi connectivity index (χ4n) is 1.73. The predicted molar refractivity (Wildman–Crippen MR) is 75.8 cm³/mol. The van der Waals surface area contributed by atoms with Gasteiger partial charge in [0.15, 0.2) is 0 Å². The topological polar surface area (TPSA) is 29.1 Å². The Kier molecular flexibility index (Phi) is 5.19. The van der Waals surface area contributed by atoms with Crippen LogP contribution in [0.3, 0.4) is 0 Å². The van der Waals surface area contributed by atoms with Gasteiger partial charge in [-0.05, 0) is 37.8 Å². The van der Waals surface area contributed by atoms with Crippen LogP contribution in [-0.2, 0) is 0 Å². The molecule has 1 N–H and O–H groups in total. The number of benzene rings is 1. The summed E-state index contributed by atoms with van der Waals surface area (Å²) in [4.78, 5) is 12.2. The van der Waals surface area contributed by atoms with Crippen LogP contribution in [0, 0.1) is 19.8 Å². The summed E-state index contributed by atoms with van der Waals surface area (Å²) in [6.07, 6.45) is 0. The van der Waals surface area contributed by atoms with E-state index in [1.165, 1.54) is 0 Å². The molecule has 0 spiro atoms. The second-order valence-electron chi connectivity index (χ2n) is 4.66. The largest absolute Gasteiger partial charge is 0.349 e. The maximum atomic E-state index is 12.2. The van der Waals surface area contributed by atoms with E-state index in [4.69, 9.17) is 0 Å². The van der Waals surface area contributed by atoms with Crippen molar-refractivity contribution in [3.05, 3.63) is 34.9 Å². The van der Waals surface area contributed by atoms with E-state index in [0.717, 1.165) is 22.0 Å². The van der Waals surface area contributed by atoms with Crippen LogP contribution in [-0.4, -0.2) is 17.3 Å². The highest BCUT2D eigenvalue weighted by molar-refractivity contribution is 9.09. The molecule has 0 aliphatic carbocycles. The minimum Gasteiger partial charge on any atom is -0.349 e. The highest BCUT2D eigenvalue weighted by Crippen LogP contribution is 2.14. The van der Waals surface area contributed by atoms with Gasteiger partial charge in [-0.15, -0.1) is 0 Å². The Hall–Kier alpha value is -0.830. The zero-order valence-electron chi connectivity index (χ0n) is 10.9. The summed E-state index contributed by atoms with van der Waals surface area (Å²) < 4.78 is 0. The molecule has 17 heavy (non-hydrogen) atoms. The third kappa shape index (κ3) is 3.56. The molecule has 0 radical (unpaired) electrons. The first-order valence-corrected chi connectivity index (χ1v) is 7.02. The number of rotatable bonds is 4. The average molecular weight is 298 g/mol. The van der Waals surface area contributed by atoms with Crippen molar-refractivity contribution in [2.24, 2.45) is 5.92 Å². The van der Waals surface area contributed by atoms with Crippen LogP contribution < -0.4 is 5.32 Å². The van der Waals surface area contributed by atoms with Crippen molar-refractivity contribution in [3.63, 3.8) is 0 Å². The number of carbonyl (C=O) groups is 1. The molecular formula is C14H20BrNO. The minimum absolute atomic E-state index is 0.0286. The van der Waals surface area contributed by atoms with E-state index in [-0.39, 0.29) is 11.9 Å². The van der Waals surface area contributed by atoms with Crippen LogP contribution in [0.5, 0.6) is 0 Å². The van der Waals surface area contributed by atoms with Gasteiger partial charge in [0, 0.05) is 16.9 Å². The normalized spacial score (nSPS) is 14.2. The van der Waals surface area contributed by atoms with Gasteiger partial charge in [0.2, 0.25) is 0 Å². The molecular weight excluding hydrogens is 278 g/mol. The SMILES string of the molecule is Cc1cccc(C)c1C(=O)NC(C)C(C)CBr. The molecule has 0 heterocycles. The van der Waals surface area contributed by atoms with Gasteiger partial charge < -0.3 is 5.32 Å². The molecule has 0 bridgehead atoms. The third-order valence-electron chi connectivity index (χ3n) is 3.16. The Morgan fingerprint density at radius 2 is 1.82 bits per heavy atom. The Labute approximate surface area is 112 Å². The smallest absolute Gasteiger partial charge is 0.252 e. The number of aryl methyl sites for hydroxylation is 2. The Morgan fingerprint density at radius 3 is 2.29 bits per heavy atom. The van der Waals surface area contributed by atoms with Crippen molar-refractivity contribution < 1.29 is 4.79 Å². The number of nitrogens with one attached hydrogen (secondary N) is 1. The lowest BCUT2D eigenvalue weighted by molar-refractivity contribution is 0.0930. The fraction of sp³-hybridized carbons (Fsp3) is 0.500. The average Bonchev–Trinajstić information content (AvgIpc) is 2.27. The van der Waals surface area contributed by atoms with Gasteiger partial charge in [-0.3, -0.25) is 4.79 Å². The monoisotopic (exact) mass is 297 g/mol. The molecule has 94 valence electrons. The molecule has 1 aromatic rings. The van der Waals surface area contributed by atoms with Crippen molar-refractivity contribution in [2.75, 3.05) is 5.33 Å². The summed E-state index contributed by atoms with van der Waals surface area (Å²) in [6.45, 7) is 8.10. The molecule has 0 aliphatic rings. The molecule has 1 amide bonds. The highest BCUT2D eigenvalue weighted by Gasteiger charge is 2.17. The first-order valence-electron chi connectivity index (χ1n) is 5.90. The molecule has 0 aliphatic heterocycles. The van der Waals surface area contributed by atoms with Crippen LogP contribution in [0.4, 0.5) is 0 Å². The van der Waals surface area contributed by atoms with Crippen LogP contribution in [0.1, 0.15) is 35.3 Å². The van der Waals surface area contributed by atoms with E-state index >= 15 is 0 Å². The van der Waals surface area contributed by atoms with E-state index < -0.39 is 0 Å². The lowest BCUT2D eigenvalue weighted by Gasteiger charge is -2.20. The van der Waals surface area contributed by atoms with E-state index in [1.54, 1.807) is 0 Å². The fourth-order valence-corrected chi connectivity index (χ4v) is 2.29. The van der Waals surface area contributed by atoms with Crippen molar-refractivity contribution in [2.45, 2.75) is 33.7 Å². The minimum atomic E-state index is 0.0286. The summed E-state index contributed by atoms with van der Waals surface area (Å²) in [5, 5.41) is 3.95. The molecule has 3 heteroatoms. The molecule has 1 aromatic carbocycles. The lowest BCUT2D eigenvalue weighted by atomic mass is 10.0. The summed E-state index contributed by atoms with van der Waals surface area (Å²) in [7, 11) is 0.